The van der Waals surface area contributed by atoms with Crippen LogP contribution in [0.15, 0.2) is 0 Å². The highest BCUT2D eigenvalue weighted by Gasteiger charge is 2.24. The normalized spacial score (nSPS) is 27.7. The first-order chi connectivity index (χ1) is 8.75. The van der Waals surface area contributed by atoms with Crippen molar-refractivity contribution in [1.29, 1.82) is 0 Å². The number of esters is 1. The lowest BCUT2D eigenvalue weighted by Crippen LogP contribution is -2.34. The third kappa shape index (κ3) is 4.27. The van der Waals surface area contributed by atoms with Crippen LogP contribution in [0.1, 0.15) is 58.3 Å². The first-order valence-electron chi connectivity index (χ1n) is 7.66. The maximum absolute atomic E-state index is 11.9. The second-order valence-corrected chi connectivity index (χ2v) is 6.04. The zero-order valence-corrected chi connectivity index (χ0v) is 11.6. The van der Waals surface area contributed by atoms with Gasteiger partial charge in [0.25, 0.3) is 0 Å². The van der Waals surface area contributed by atoms with Gasteiger partial charge in [0.05, 0.1) is 0 Å². The molecule has 2 fully saturated rings. The van der Waals surface area contributed by atoms with Gasteiger partial charge in [0, 0.05) is 6.42 Å². The van der Waals surface area contributed by atoms with E-state index in [4.69, 9.17) is 4.74 Å². The molecule has 0 amide bonds. The summed E-state index contributed by atoms with van der Waals surface area (Å²) in [6.45, 7) is 4.40. The van der Waals surface area contributed by atoms with E-state index in [1.54, 1.807) is 0 Å². The molecule has 1 saturated heterocycles. The van der Waals surface area contributed by atoms with Crippen molar-refractivity contribution in [2.45, 2.75) is 64.4 Å². The van der Waals surface area contributed by atoms with Crippen molar-refractivity contribution in [2.24, 2.45) is 11.8 Å². The molecule has 3 nitrogen and oxygen atoms in total. The Hall–Kier alpha value is -0.570. The van der Waals surface area contributed by atoms with Gasteiger partial charge >= 0.3 is 5.97 Å². The molecule has 0 aromatic carbocycles. The molecular formula is C15H27NO2. The number of nitrogens with one attached hydrogen (secondary N) is 1. The summed E-state index contributed by atoms with van der Waals surface area (Å²) in [7, 11) is 0. The van der Waals surface area contributed by atoms with Gasteiger partial charge in [-0.3, -0.25) is 4.79 Å². The summed E-state index contributed by atoms with van der Waals surface area (Å²) < 4.78 is 5.59. The number of ether oxygens (including phenoxy) is 1. The summed E-state index contributed by atoms with van der Waals surface area (Å²) in [4.78, 5) is 11.9. The van der Waals surface area contributed by atoms with Gasteiger partial charge in [0.15, 0.2) is 0 Å². The molecule has 0 bridgehead atoms. The minimum atomic E-state index is 0.0278. The predicted octanol–water partition coefficient (Wildman–Crippen LogP) is 2.89. The summed E-state index contributed by atoms with van der Waals surface area (Å²) in [6, 6.07) is 0. The van der Waals surface area contributed by atoms with Crippen molar-refractivity contribution in [3.05, 3.63) is 0 Å². The Kier molecular flexibility index (Phi) is 5.48. The molecule has 0 spiro atoms. The van der Waals surface area contributed by atoms with Crippen molar-refractivity contribution in [1.82, 2.24) is 5.32 Å². The van der Waals surface area contributed by atoms with Crippen molar-refractivity contribution >= 4 is 5.97 Å². The highest BCUT2D eigenvalue weighted by Crippen LogP contribution is 2.25. The highest BCUT2D eigenvalue weighted by molar-refractivity contribution is 5.69. The fourth-order valence-corrected chi connectivity index (χ4v) is 3.21. The van der Waals surface area contributed by atoms with Crippen LogP contribution >= 0.6 is 0 Å². The molecule has 2 rings (SSSR count). The maximum Gasteiger partial charge on any atom is 0.306 e. The zero-order valence-electron chi connectivity index (χ0n) is 11.6. The van der Waals surface area contributed by atoms with Gasteiger partial charge in [0.1, 0.15) is 6.10 Å². The predicted molar refractivity (Wildman–Crippen MR) is 72.3 cm³/mol. The average molecular weight is 253 g/mol. The maximum atomic E-state index is 11.9. The summed E-state index contributed by atoms with van der Waals surface area (Å²) in [6.07, 6.45) is 9.21. The number of hydrogen-bond acceptors (Lipinski definition) is 3. The minimum absolute atomic E-state index is 0.0278. The molecule has 1 saturated carbocycles. The van der Waals surface area contributed by atoms with E-state index >= 15 is 0 Å². The molecule has 1 heterocycles. The van der Waals surface area contributed by atoms with E-state index in [1.165, 1.54) is 32.1 Å². The fourth-order valence-electron chi connectivity index (χ4n) is 3.21. The van der Waals surface area contributed by atoms with Crippen molar-refractivity contribution in [3.8, 4) is 0 Å². The molecule has 0 aromatic heterocycles. The SMILES string of the molecule is CC(CC(=O)OC1CCCCC1)C1CCCNC1. The number of rotatable bonds is 4. The number of carbonyl (C=O) groups excluding carboxylic acids is 1. The van der Waals surface area contributed by atoms with Gasteiger partial charge in [-0.2, -0.15) is 0 Å². The van der Waals surface area contributed by atoms with E-state index in [-0.39, 0.29) is 12.1 Å². The first kappa shape index (κ1) is 13.9. The summed E-state index contributed by atoms with van der Waals surface area (Å²) in [5, 5.41) is 3.42. The van der Waals surface area contributed by atoms with Crippen LogP contribution in [0.4, 0.5) is 0 Å². The van der Waals surface area contributed by atoms with E-state index in [0.717, 1.165) is 25.9 Å². The van der Waals surface area contributed by atoms with Gasteiger partial charge in [-0.1, -0.05) is 13.3 Å². The fraction of sp³-hybridized carbons (Fsp3) is 0.933. The lowest BCUT2D eigenvalue weighted by molar-refractivity contribution is -0.152. The first-order valence-corrected chi connectivity index (χ1v) is 7.66. The van der Waals surface area contributed by atoms with Crippen molar-refractivity contribution < 1.29 is 9.53 Å². The Morgan fingerprint density at radius 1 is 1.22 bits per heavy atom. The largest absolute Gasteiger partial charge is 0.462 e. The van der Waals surface area contributed by atoms with Crippen LogP contribution in [0.3, 0.4) is 0 Å². The molecule has 18 heavy (non-hydrogen) atoms. The summed E-state index contributed by atoms with van der Waals surface area (Å²) in [5.74, 6) is 1.13. The molecule has 3 heteroatoms. The molecule has 0 radical (unpaired) electrons. The van der Waals surface area contributed by atoms with Gasteiger partial charge in [-0.15, -0.1) is 0 Å². The molecule has 2 aliphatic rings. The van der Waals surface area contributed by atoms with E-state index < -0.39 is 0 Å². The number of hydrogen-bond donors (Lipinski definition) is 1. The molecule has 1 N–H and O–H groups in total. The average Bonchev–Trinajstić information content (AvgIpc) is 2.40. The Morgan fingerprint density at radius 3 is 2.67 bits per heavy atom. The van der Waals surface area contributed by atoms with Crippen LogP contribution in [0, 0.1) is 11.8 Å². The lowest BCUT2D eigenvalue weighted by Gasteiger charge is -2.28. The molecule has 104 valence electrons. The molecule has 1 aliphatic carbocycles. The lowest BCUT2D eigenvalue weighted by atomic mass is 9.85. The second-order valence-electron chi connectivity index (χ2n) is 6.04. The summed E-state index contributed by atoms with van der Waals surface area (Å²) in [5.41, 5.74) is 0. The highest BCUT2D eigenvalue weighted by atomic mass is 16.5. The van der Waals surface area contributed by atoms with Gasteiger partial charge in [-0.25, -0.2) is 0 Å². The van der Waals surface area contributed by atoms with Gasteiger partial charge < -0.3 is 10.1 Å². The van der Waals surface area contributed by atoms with Gasteiger partial charge in [0.2, 0.25) is 0 Å². The Bertz CT molecular complexity index is 255. The Labute approximate surface area is 111 Å². The standard InChI is InChI=1S/C15H27NO2/c1-12(13-6-5-9-16-11-13)10-15(17)18-14-7-3-2-4-8-14/h12-14,16H,2-11H2,1H3. The van der Waals surface area contributed by atoms with E-state index in [0.29, 0.717) is 18.3 Å². The molecule has 1 aliphatic heterocycles. The summed E-state index contributed by atoms with van der Waals surface area (Å²) >= 11 is 0. The topological polar surface area (TPSA) is 38.3 Å². The third-order valence-corrected chi connectivity index (χ3v) is 4.48. The monoisotopic (exact) mass is 253 g/mol. The Morgan fingerprint density at radius 2 is 2.00 bits per heavy atom. The second kappa shape index (κ2) is 7.13. The van der Waals surface area contributed by atoms with E-state index in [9.17, 15) is 4.79 Å². The molecule has 0 aromatic rings. The molecule has 2 unspecified atom stereocenters. The van der Waals surface area contributed by atoms with Crippen LogP contribution < -0.4 is 5.32 Å². The van der Waals surface area contributed by atoms with Gasteiger partial charge in [-0.05, 0) is 63.5 Å². The van der Waals surface area contributed by atoms with Crippen molar-refractivity contribution in [2.75, 3.05) is 13.1 Å². The number of piperidine rings is 1. The van der Waals surface area contributed by atoms with Crippen molar-refractivity contribution in [3.63, 3.8) is 0 Å². The van der Waals surface area contributed by atoms with Crippen LogP contribution in [0.5, 0.6) is 0 Å². The van der Waals surface area contributed by atoms with Crippen LogP contribution in [0.2, 0.25) is 0 Å². The zero-order chi connectivity index (χ0) is 12.8. The Balaban J connectivity index is 1.68. The molecular weight excluding hydrogens is 226 g/mol. The smallest absolute Gasteiger partial charge is 0.306 e. The molecule has 2 atom stereocenters. The van der Waals surface area contributed by atoms with Crippen LogP contribution in [-0.4, -0.2) is 25.2 Å². The van der Waals surface area contributed by atoms with Crippen LogP contribution in [-0.2, 0) is 9.53 Å². The minimum Gasteiger partial charge on any atom is -0.462 e. The quantitative estimate of drug-likeness (QED) is 0.783. The van der Waals surface area contributed by atoms with E-state index in [2.05, 4.69) is 12.2 Å². The third-order valence-electron chi connectivity index (χ3n) is 4.48. The number of carbonyl (C=O) groups is 1. The van der Waals surface area contributed by atoms with E-state index in [1.807, 2.05) is 0 Å². The van der Waals surface area contributed by atoms with Crippen LogP contribution in [0.25, 0.3) is 0 Å².